The maximum Gasteiger partial charge on any atom is 0.422 e. The van der Waals surface area contributed by atoms with E-state index in [1.165, 1.54) is 5.57 Å². The molecule has 0 aliphatic carbocycles. The number of ether oxygens (including phenoxy) is 3. The molecule has 0 unspecified atom stereocenters. The normalized spacial score (nSPS) is 20.8. The molecule has 12 heteroatoms. The van der Waals surface area contributed by atoms with Gasteiger partial charge in [-0.25, -0.2) is 9.97 Å². The molecule has 9 nitrogen and oxygen atoms in total. The molecule has 0 amide bonds. The van der Waals surface area contributed by atoms with E-state index in [1.54, 1.807) is 37.7 Å². The van der Waals surface area contributed by atoms with E-state index in [4.69, 9.17) is 24.6 Å². The van der Waals surface area contributed by atoms with Crippen LogP contribution in [0.5, 0.6) is 5.75 Å². The summed E-state index contributed by atoms with van der Waals surface area (Å²) in [5, 5.41) is 11.9. The number of likely N-dealkylation sites (tertiary alicyclic amines) is 1. The average Bonchev–Trinajstić information content (AvgIpc) is 3.05. The molecule has 1 fully saturated rings. The molecule has 264 valence electrons. The number of aliphatic imine (C=N–C) groups is 1. The maximum absolute atomic E-state index is 13.4. The van der Waals surface area contributed by atoms with E-state index in [2.05, 4.69) is 32.8 Å². The van der Waals surface area contributed by atoms with Gasteiger partial charge in [0.15, 0.2) is 12.4 Å². The summed E-state index contributed by atoms with van der Waals surface area (Å²) in [4.78, 5) is 16.0. The van der Waals surface area contributed by atoms with E-state index < -0.39 is 12.8 Å². The lowest BCUT2D eigenvalue weighted by atomic mass is 10.0. The highest BCUT2D eigenvalue weighted by atomic mass is 19.4. The Morgan fingerprint density at radius 1 is 1.27 bits per heavy atom. The lowest BCUT2D eigenvalue weighted by Gasteiger charge is -2.29. The predicted molar refractivity (Wildman–Crippen MR) is 189 cm³/mol. The Bertz CT molecular complexity index is 1620. The Balaban J connectivity index is 1.83. The van der Waals surface area contributed by atoms with Crippen LogP contribution in [0.15, 0.2) is 70.8 Å². The number of nitrogens with zero attached hydrogens (tertiary/aromatic N) is 4. The van der Waals surface area contributed by atoms with E-state index in [0.717, 1.165) is 31.5 Å². The molecule has 0 spiro atoms. The molecule has 2 bridgehead atoms. The van der Waals surface area contributed by atoms with Crippen molar-refractivity contribution in [2.75, 3.05) is 38.7 Å². The summed E-state index contributed by atoms with van der Waals surface area (Å²) in [7, 11) is 1.64. The van der Waals surface area contributed by atoms with E-state index in [1.807, 2.05) is 33.8 Å². The molecule has 2 aliphatic rings. The molecule has 1 saturated heterocycles. The van der Waals surface area contributed by atoms with Gasteiger partial charge in [-0.2, -0.15) is 13.2 Å². The van der Waals surface area contributed by atoms with Gasteiger partial charge in [0.25, 0.3) is 0 Å². The summed E-state index contributed by atoms with van der Waals surface area (Å²) < 4.78 is 57.9. The first-order valence-electron chi connectivity index (χ1n) is 16.6. The van der Waals surface area contributed by atoms with E-state index in [9.17, 15) is 13.2 Å². The minimum Gasteiger partial charge on any atom is -0.497 e. The SMILES string of the molecule is C=C(C)C/C1=C(\C=N/C)c2ncc(-c3ccc(CN4CCC(=CC)CC4)c(OCC(F)(F)F)c3)c(n2)NC(=N)/C=C(\CC)O[C@@H](C)CCO1. The number of hydrogen-bond acceptors (Lipinski definition) is 8. The van der Waals surface area contributed by atoms with Gasteiger partial charge in [-0.05, 0) is 45.2 Å². The van der Waals surface area contributed by atoms with Crippen LogP contribution in [0.2, 0.25) is 0 Å². The molecular weight excluding hydrogens is 633 g/mol. The summed E-state index contributed by atoms with van der Waals surface area (Å²) in [6, 6.07) is 5.20. The lowest BCUT2D eigenvalue weighted by Crippen LogP contribution is -2.30. The zero-order valence-corrected chi connectivity index (χ0v) is 29.0. The van der Waals surface area contributed by atoms with Crippen molar-refractivity contribution in [3.8, 4) is 16.9 Å². The molecule has 49 heavy (non-hydrogen) atoms. The fourth-order valence-corrected chi connectivity index (χ4v) is 5.58. The van der Waals surface area contributed by atoms with Gasteiger partial charge in [0.05, 0.1) is 24.0 Å². The Morgan fingerprint density at radius 2 is 2.02 bits per heavy atom. The largest absolute Gasteiger partial charge is 0.497 e. The number of alkyl halides is 3. The molecule has 3 heterocycles. The van der Waals surface area contributed by atoms with Gasteiger partial charge in [-0.1, -0.05) is 42.9 Å². The second-order valence-corrected chi connectivity index (χ2v) is 12.3. The molecule has 1 aromatic heterocycles. The summed E-state index contributed by atoms with van der Waals surface area (Å²) in [6.45, 7) is 12.9. The summed E-state index contributed by atoms with van der Waals surface area (Å²) in [5.41, 5.74) is 4.45. The van der Waals surface area contributed by atoms with Gasteiger partial charge < -0.3 is 19.5 Å². The van der Waals surface area contributed by atoms with Crippen LogP contribution in [-0.4, -0.2) is 72.5 Å². The molecule has 0 radical (unpaired) electrons. The summed E-state index contributed by atoms with van der Waals surface area (Å²) >= 11 is 0. The molecule has 1 aromatic carbocycles. The van der Waals surface area contributed by atoms with E-state index >= 15 is 0 Å². The van der Waals surface area contributed by atoms with Gasteiger partial charge in [-0.3, -0.25) is 15.3 Å². The maximum atomic E-state index is 13.4. The van der Waals surface area contributed by atoms with E-state index in [0.29, 0.717) is 72.0 Å². The molecule has 1 atom stereocenters. The fraction of sp³-hybridized carbons (Fsp3) is 0.459. The predicted octanol–water partition coefficient (Wildman–Crippen LogP) is 8.51. The number of anilines is 1. The first-order valence-corrected chi connectivity index (χ1v) is 16.6. The molecule has 4 rings (SSSR count). The molecule has 0 saturated carbocycles. The van der Waals surface area contributed by atoms with Crippen molar-refractivity contribution < 1.29 is 27.4 Å². The van der Waals surface area contributed by atoms with Gasteiger partial charge in [-0.15, -0.1) is 0 Å². The molecule has 2 aromatic rings. The minimum atomic E-state index is -4.51. The lowest BCUT2D eigenvalue weighted by molar-refractivity contribution is -0.153. The Morgan fingerprint density at radius 3 is 2.67 bits per heavy atom. The fourth-order valence-electron chi connectivity index (χ4n) is 5.58. The summed E-state index contributed by atoms with van der Waals surface area (Å²) in [6.07, 6.45) is 5.69. The Labute approximate surface area is 287 Å². The zero-order valence-electron chi connectivity index (χ0n) is 29.0. The van der Waals surface area contributed by atoms with Gasteiger partial charge in [0, 0.05) is 75.6 Å². The van der Waals surface area contributed by atoms with Crippen molar-refractivity contribution in [1.29, 1.82) is 5.41 Å². The Kier molecular flexibility index (Phi) is 13.2. The van der Waals surface area contributed by atoms with Gasteiger partial charge in [0.2, 0.25) is 0 Å². The highest BCUT2D eigenvalue weighted by Crippen LogP contribution is 2.34. The van der Waals surface area contributed by atoms with Crippen molar-refractivity contribution >= 4 is 23.4 Å². The van der Waals surface area contributed by atoms with Crippen molar-refractivity contribution in [1.82, 2.24) is 14.9 Å². The number of nitrogens with one attached hydrogen (secondary N) is 2. The number of aromatic nitrogens is 2. The smallest absolute Gasteiger partial charge is 0.422 e. The minimum absolute atomic E-state index is 0.0240. The van der Waals surface area contributed by atoms with E-state index in [-0.39, 0.29) is 23.5 Å². The number of amidine groups is 1. The standard InChI is InChI=1S/C37H47F3N6O3/c1-7-26-11-14-46(15-12-26)22-28-10-9-27(18-32(28)48-23-37(38,39)40)30-21-43-35-31(20-42-6)33(17-24(3)4)47-16-13-25(5)49-29(8-2)19-34(41)44-36(30)45-35/h7,9-10,18-21,25H,3,8,11-17,22-23H2,1-2,4-6H3,(H2,41,43,44,45)/b29-19+,33-31-,42-20-/t25-/m0/s1. The third kappa shape index (κ3) is 11.0. The van der Waals surface area contributed by atoms with Crippen LogP contribution in [0.1, 0.15) is 71.2 Å². The van der Waals surface area contributed by atoms with Crippen LogP contribution in [0, 0.1) is 5.41 Å². The second-order valence-electron chi connectivity index (χ2n) is 12.3. The molecular formula is C37H47F3N6O3. The Hall–Kier alpha value is -4.45. The molecule has 2 N–H and O–H groups in total. The van der Waals surface area contributed by atoms with Crippen molar-refractivity contribution in [2.45, 2.75) is 78.6 Å². The average molecular weight is 681 g/mol. The number of rotatable bonds is 9. The zero-order chi connectivity index (χ0) is 35.6. The van der Waals surface area contributed by atoms with Crippen molar-refractivity contribution in [3.05, 3.63) is 77.2 Å². The summed E-state index contributed by atoms with van der Waals surface area (Å²) in [5.74, 6) is 1.93. The number of hydrogen-bond donors (Lipinski definition) is 2. The third-order valence-corrected chi connectivity index (χ3v) is 8.18. The van der Waals surface area contributed by atoms with Crippen LogP contribution >= 0.6 is 0 Å². The van der Waals surface area contributed by atoms with Crippen LogP contribution in [-0.2, 0) is 16.0 Å². The van der Waals surface area contributed by atoms with Crippen molar-refractivity contribution in [3.63, 3.8) is 0 Å². The third-order valence-electron chi connectivity index (χ3n) is 8.18. The number of allylic oxidation sites excluding steroid dienone is 4. The second kappa shape index (κ2) is 17.3. The van der Waals surface area contributed by atoms with Crippen LogP contribution in [0.3, 0.4) is 0 Å². The highest BCUT2D eigenvalue weighted by molar-refractivity contribution is 6.10. The van der Waals surface area contributed by atoms with Gasteiger partial charge >= 0.3 is 6.18 Å². The van der Waals surface area contributed by atoms with Gasteiger partial charge in [0.1, 0.15) is 23.2 Å². The quantitative estimate of drug-likeness (QED) is 0.202. The van der Waals surface area contributed by atoms with Crippen LogP contribution in [0.4, 0.5) is 19.0 Å². The first-order chi connectivity index (χ1) is 23.4. The number of benzene rings is 1. The number of halogens is 3. The molecule has 2 aliphatic heterocycles. The van der Waals surface area contributed by atoms with Crippen LogP contribution in [0.25, 0.3) is 16.7 Å². The van der Waals surface area contributed by atoms with Crippen molar-refractivity contribution in [2.24, 2.45) is 4.99 Å². The number of fused-ring (bicyclic) bond motifs is 2. The highest BCUT2D eigenvalue weighted by Gasteiger charge is 2.29. The number of piperidine rings is 1. The first kappa shape index (κ1) is 37.4. The monoisotopic (exact) mass is 680 g/mol. The van der Waals surface area contributed by atoms with Crippen LogP contribution < -0.4 is 10.1 Å². The topological polar surface area (TPSA) is 105 Å².